The van der Waals surface area contributed by atoms with E-state index in [0.29, 0.717) is 29.4 Å². The number of nitrogens with zero attached hydrogens (tertiary/aromatic N) is 1. The van der Waals surface area contributed by atoms with E-state index in [1.54, 1.807) is 6.08 Å². The maximum atomic E-state index is 14.8. The van der Waals surface area contributed by atoms with Crippen LogP contribution in [0.25, 0.3) is 5.70 Å². The molecule has 1 spiro atoms. The highest BCUT2D eigenvalue weighted by molar-refractivity contribution is 8.24. The van der Waals surface area contributed by atoms with Gasteiger partial charge in [-0.05, 0) is 96.2 Å². The molecule has 4 aliphatic rings. The zero-order valence-corrected chi connectivity index (χ0v) is 30.5. The average Bonchev–Trinajstić information content (AvgIpc) is 3.78. The first-order chi connectivity index (χ1) is 22.2. The first-order valence-corrected chi connectivity index (χ1v) is 21.0. The second-order valence-corrected chi connectivity index (χ2v) is 19.4. The summed E-state index contributed by atoms with van der Waals surface area (Å²) in [7, 11) is -2.96. The van der Waals surface area contributed by atoms with Crippen molar-refractivity contribution in [2.75, 3.05) is 36.1 Å². The lowest BCUT2D eigenvalue weighted by Crippen LogP contribution is -2.43. The van der Waals surface area contributed by atoms with Crippen LogP contribution in [0, 0.1) is 23.7 Å². The molecule has 4 nitrogen and oxygen atoms in total. The van der Waals surface area contributed by atoms with Crippen molar-refractivity contribution in [2.24, 2.45) is 23.7 Å². The molecule has 1 N–H and O–H groups in total. The van der Waals surface area contributed by atoms with Gasteiger partial charge in [0.15, 0.2) is 0 Å². The van der Waals surface area contributed by atoms with Gasteiger partial charge >= 0.3 is 0 Å². The summed E-state index contributed by atoms with van der Waals surface area (Å²) in [4.78, 5) is 2.65. The molecule has 46 heavy (non-hydrogen) atoms. The molecule has 2 bridgehead atoms. The van der Waals surface area contributed by atoms with Gasteiger partial charge in [-0.3, -0.25) is 4.21 Å². The lowest BCUT2D eigenvalue weighted by Gasteiger charge is -2.44. The van der Waals surface area contributed by atoms with E-state index < -0.39 is 9.25 Å². The van der Waals surface area contributed by atoms with Gasteiger partial charge in [0.25, 0.3) is 0 Å². The molecular formula is C40H59ClN2O2S. The van der Waals surface area contributed by atoms with Crippen LogP contribution in [0.1, 0.15) is 97.5 Å². The summed E-state index contributed by atoms with van der Waals surface area (Å²) in [5.74, 6) is 4.71. The normalized spacial score (nSPS) is 31.4. The van der Waals surface area contributed by atoms with Crippen molar-refractivity contribution >= 4 is 32.2 Å². The fraction of sp³-hybridized carbons (Fsp3) is 0.600. The number of anilines is 1. The molecule has 1 aliphatic carbocycles. The topological polar surface area (TPSA) is 41.6 Å². The number of hydrogen-bond acceptors (Lipinski definition) is 3. The van der Waals surface area contributed by atoms with Gasteiger partial charge in [-0.1, -0.05) is 101 Å². The Hall–Kier alpha value is -2.24. The van der Waals surface area contributed by atoms with Crippen LogP contribution in [0.2, 0.25) is 0 Å². The van der Waals surface area contributed by atoms with Crippen molar-refractivity contribution in [3.8, 4) is 5.75 Å². The van der Waals surface area contributed by atoms with Crippen molar-refractivity contribution in [1.29, 1.82) is 0 Å². The van der Waals surface area contributed by atoms with Crippen molar-refractivity contribution in [3.63, 3.8) is 0 Å². The number of ether oxygens (including phenoxy) is 1. The molecule has 3 heterocycles. The van der Waals surface area contributed by atoms with Crippen LogP contribution in [0.15, 0.2) is 71.8 Å². The van der Waals surface area contributed by atoms with Crippen molar-refractivity contribution < 1.29 is 8.95 Å². The van der Waals surface area contributed by atoms with Crippen LogP contribution in [0.3, 0.4) is 0 Å². The summed E-state index contributed by atoms with van der Waals surface area (Å²) in [6.07, 6.45) is 24.5. The number of nitrogens with one attached hydrogen (secondary N) is 1. The van der Waals surface area contributed by atoms with Crippen LogP contribution in [-0.4, -0.2) is 40.7 Å². The van der Waals surface area contributed by atoms with Gasteiger partial charge in [0.1, 0.15) is 5.75 Å². The maximum absolute atomic E-state index is 14.8. The Kier molecular flexibility index (Phi) is 11.7. The Morgan fingerprint density at radius 2 is 1.93 bits per heavy atom. The van der Waals surface area contributed by atoms with Gasteiger partial charge in [-0.25, -0.2) is 0 Å². The van der Waals surface area contributed by atoms with Gasteiger partial charge in [0, 0.05) is 52.1 Å². The zero-order valence-electron chi connectivity index (χ0n) is 28.9. The third kappa shape index (κ3) is 7.89. The van der Waals surface area contributed by atoms with Crippen LogP contribution in [-0.2, 0) is 9.25 Å². The SMILES string of the molecule is C=C/C(Cl)=C\C=C(/CCCC)C1COc2ccc3cc2N(C1)CC1CCC1C(CCCC)/C=C\C[C@@H](C)S1(=O)(CC1)N/C3=C/CC. The second kappa shape index (κ2) is 15.3. The average molecular weight is 667 g/mol. The molecule has 254 valence electrons. The summed E-state index contributed by atoms with van der Waals surface area (Å²) < 4.78 is 25.2. The van der Waals surface area contributed by atoms with Gasteiger partial charge in [-0.15, -0.1) is 0 Å². The zero-order chi connectivity index (χ0) is 32.8. The first-order valence-electron chi connectivity index (χ1n) is 18.2. The predicted octanol–water partition coefficient (Wildman–Crippen LogP) is 10.2. The van der Waals surface area contributed by atoms with E-state index in [1.165, 1.54) is 43.4 Å². The van der Waals surface area contributed by atoms with Crippen LogP contribution < -0.4 is 14.4 Å². The van der Waals surface area contributed by atoms with E-state index in [0.717, 1.165) is 73.7 Å². The molecule has 5 rings (SSSR count). The Morgan fingerprint density at radius 3 is 2.61 bits per heavy atom. The molecule has 1 aromatic rings. The largest absolute Gasteiger partial charge is 0.491 e. The smallest absolute Gasteiger partial charge is 0.142 e. The molecule has 3 aliphatic heterocycles. The lowest BCUT2D eigenvalue weighted by molar-refractivity contribution is 0.124. The summed E-state index contributed by atoms with van der Waals surface area (Å²) in [6, 6.07) is 6.66. The monoisotopic (exact) mass is 666 g/mol. The number of benzene rings is 1. The summed E-state index contributed by atoms with van der Waals surface area (Å²) in [5, 5.41) is 0.777. The Morgan fingerprint density at radius 1 is 1.13 bits per heavy atom. The molecule has 1 saturated heterocycles. The van der Waals surface area contributed by atoms with Crippen LogP contribution in [0.5, 0.6) is 5.75 Å². The van der Waals surface area contributed by atoms with Crippen molar-refractivity contribution in [2.45, 2.75) is 97.2 Å². The molecule has 6 heteroatoms. The minimum Gasteiger partial charge on any atom is -0.491 e. The van der Waals surface area contributed by atoms with Crippen molar-refractivity contribution in [3.05, 3.63) is 77.4 Å². The molecule has 1 aromatic carbocycles. The van der Waals surface area contributed by atoms with E-state index in [-0.39, 0.29) is 11.2 Å². The standard InChI is InChI=1S/C40H59ClN2O2S/c1-6-10-15-31(18-21-36(41)9-4)35-28-43-27-34-19-22-37(34)32(16-11-7-2)17-12-14-30(5)46(44,24-25-46)42-38(13-8-3)33-20-23-40(45-29-35)39(43)26-33/h9,12-13,17-18,20-21,23,26,30,32,34-35,37H,4,6-8,10-11,14-16,19,22,24-25,27-29H2,1-3,5H3,(H,42,44)/b17-12-,31-18+,36-21+,38-13+/t30-,32?,34?,35?,37?/m1/s1. The van der Waals surface area contributed by atoms with Crippen LogP contribution in [0.4, 0.5) is 5.69 Å². The highest BCUT2D eigenvalue weighted by Crippen LogP contribution is 2.48. The molecule has 5 atom stereocenters. The quantitative estimate of drug-likeness (QED) is 0.153. The molecule has 2 fully saturated rings. The van der Waals surface area contributed by atoms with Gasteiger partial charge in [0.05, 0.1) is 12.3 Å². The minimum absolute atomic E-state index is 0.112. The number of allylic oxidation sites excluding steroid dienone is 7. The predicted molar refractivity (Wildman–Crippen MR) is 201 cm³/mol. The Labute approximate surface area is 285 Å². The second-order valence-electron chi connectivity index (χ2n) is 14.4. The molecule has 0 radical (unpaired) electrons. The van der Waals surface area contributed by atoms with E-state index in [9.17, 15) is 4.21 Å². The number of hydrogen-bond donors (Lipinski definition) is 1. The van der Waals surface area contributed by atoms with Gasteiger partial charge < -0.3 is 14.4 Å². The lowest BCUT2D eigenvalue weighted by atomic mass is 9.65. The fourth-order valence-corrected chi connectivity index (χ4v) is 11.3. The van der Waals surface area contributed by atoms with E-state index in [4.69, 9.17) is 16.3 Å². The highest BCUT2D eigenvalue weighted by Gasteiger charge is 2.54. The molecular weight excluding hydrogens is 608 g/mol. The molecule has 0 aromatic heterocycles. The van der Waals surface area contributed by atoms with Crippen LogP contribution >= 0.6 is 11.6 Å². The van der Waals surface area contributed by atoms with E-state index >= 15 is 0 Å². The number of halogens is 1. The summed E-state index contributed by atoms with van der Waals surface area (Å²) in [5.41, 5.74) is 4.70. The van der Waals surface area contributed by atoms with Gasteiger partial charge in [0.2, 0.25) is 0 Å². The molecule has 1 saturated carbocycles. The number of rotatable bonds is 10. The Balaban J connectivity index is 1.58. The Bertz CT molecular complexity index is 1420. The fourth-order valence-electron chi connectivity index (χ4n) is 7.76. The summed E-state index contributed by atoms with van der Waals surface area (Å²) >= 11 is 6.39. The van der Waals surface area contributed by atoms with Gasteiger partial charge in [-0.2, -0.15) is 0 Å². The van der Waals surface area contributed by atoms with Crippen molar-refractivity contribution in [1.82, 2.24) is 4.72 Å². The highest BCUT2D eigenvalue weighted by atomic mass is 35.5. The molecule has 0 amide bonds. The third-order valence-electron chi connectivity index (χ3n) is 11.2. The minimum atomic E-state index is -2.96. The number of unbranched alkanes of at least 4 members (excludes halogenated alkanes) is 2. The molecule has 4 unspecified atom stereocenters. The summed E-state index contributed by atoms with van der Waals surface area (Å²) in [6.45, 7) is 15.4. The van der Waals surface area contributed by atoms with E-state index in [2.05, 4.69) is 86.4 Å². The number of fused-ring (bicyclic) bond motifs is 2. The van der Waals surface area contributed by atoms with E-state index in [1.807, 2.05) is 6.08 Å². The maximum Gasteiger partial charge on any atom is 0.142 e. The first kappa shape index (κ1) is 35.1. The third-order valence-corrected chi connectivity index (χ3v) is 15.9.